The van der Waals surface area contributed by atoms with Crippen LogP contribution in [0.2, 0.25) is 0 Å². The lowest BCUT2D eigenvalue weighted by Gasteiger charge is -2.36. The number of fused-ring (bicyclic) bond motifs is 2. The Morgan fingerprint density at radius 3 is 3.03 bits per heavy atom. The third-order valence-corrected chi connectivity index (χ3v) is 5.86. The Bertz CT molecular complexity index is 1410. The van der Waals surface area contributed by atoms with E-state index >= 15 is 0 Å². The van der Waals surface area contributed by atoms with Crippen LogP contribution in [0, 0.1) is 5.82 Å². The fourth-order valence-corrected chi connectivity index (χ4v) is 4.24. The van der Waals surface area contributed by atoms with Gasteiger partial charge in [0, 0.05) is 19.2 Å². The van der Waals surface area contributed by atoms with Crippen molar-refractivity contribution in [3.05, 3.63) is 48.2 Å². The van der Waals surface area contributed by atoms with Crippen molar-refractivity contribution in [3.63, 3.8) is 0 Å². The number of amides is 1. The highest BCUT2D eigenvalue weighted by atomic mass is 19.1. The first kappa shape index (κ1) is 21.9. The smallest absolute Gasteiger partial charge is 0.302 e. The second kappa shape index (κ2) is 8.47. The molecular formula is C22H23FN8O3. The Balaban J connectivity index is 1.49. The van der Waals surface area contributed by atoms with E-state index in [4.69, 9.17) is 10.2 Å². The van der Waals surface area contributed by atoms with Crippen LogP contribution < -0.4 is 11.1 Å². The molecule has 176 valence electrons. The quantitative estimate of drug-likeness (QED) is 0.377. The summed E-state index contributed by atoms with van der Waals surface area (Å²) >= 11 is 0. The Labute approximate surface area is 193 Å². The van der Waals surface area contributed by atoms with Crippen molar-refractivity contribution in [1.29, 1.82) is 0 Å². The number of likely N-dealkylation sites (tertiary alicyclic amines) is 1. The van der Waals surface area contributed by atoms with Gasteiger partial charge >= 0.3 is 6.01 Å². The average Bonchev–Trinajstić information content (AvgIpc) is 3.40. The van der Waals surface area contributed by atoms with Gasteiger partial charge < -0.3 is 15.3 Å². The average molecular weight is 466 g/mol. The molecule has 3 aromatic heterocycles. The number of anilines is 2. The van der Waals surface area contributed by atoms with Gasteiger partial charge in [-0.05, 0) is 37.5 Å². The normalized spacial score (nSPS) is 17.8. The minimum Gasteiger partial charge on any atom is -0.423 e. The maximum absolute atomic E-state index is 13.5. The number of nitrogens with one attached hydrogen (secondary N) is 1. The molecule has 0 bridgehead atoms. The summed E-state index contributed by atoms with van der Waals surface area (Å²) in [6.45, 7) is 6.82. The van der Waals surface area contributed by atoms with Crippen molar-refractivity contribution >= 4 is 39.9 Å². The zero-order chi connectivity index (χ0) is 24.0. The molecule has 0 spiro atoms. The third kappa shape index (κ3) is 3.86. The van der Waals surface area contributed by atoms with Crippen molar-refractivity contribution in [1.82, 2.24) is 29.6 Å². The van der Waals surface area contributed by atoms with Crippen LogP contribution in [0.25, 0.3) is 22.1 Å². The molecule has 1 aromatic carbocycles. The van der Waals surface area contributed by atoms with Crippen LogP contribution in [0.3, 0.4) is 0 Å². The predicted molar refractivity (Wildman–Crippen MR) is 122 cm³/mol. The first-order valence-electron chi connectivity index (χ1n) is 10.8. The maximum Gasteiger partial charge on any atom is 0.302 e. The van der Waals surface area contributed by atoms with Crippen molar-refractivity contribution in [3.8, 4) is 0 Å². The van der Waals surface area contributed by atoms with Crippen LogP contribution in [-0.2, 0) is 0 Å². The number of nitrogen functional groups attached to an aromatic ring is 1. The van der Waals surface area contributed by atoms with Crippen LogP contribution in [-0.4, -0.2) is 60.0 Å². The predicted octanol–water partition coefficient (Wildman–Crippen LogP) is 2.47. The van der Waals surface area contributed by atoms with E-state index in [0.717, 1.165) is 12.8 Å². The number of aliphatic hydroxyl groups excluding tert-OH is 1. The summed E-state index contributed by atoms with van der Waals surface area (Å²) in [5.41, 5.74) is 7.77. The molecular weight excluding hydrogens is 443 g/mol. The molecule has 4 heterocycles. The van der Waals surface area contributed by atoms with E-state index in [1.54, 1.807) is 11.6 Å². The van der Waals surface area contributed by atoms with Crippen LogP contribution in [0.15, 0.2) is 41.1 Å². The number of aromatic nitrogens is 5. The number of piperidine rings is 1. The van der Waals surface area contributed by atoms with Gasteiger partial charge in [0.05, 0.1) is 11.4 Å². The lowest BCUT2D eigenvalue weighted by atomic mass is 10.0. The van der Waals surface area contributed by atoms with Gasteiger partial charge in [0.25, 0.3) is 5.91 Å². The summed E-state index contributed by atoms with van der Waals surface area (Å²) in [7, 11) is 0. The van der Waals surface area contributed by atoms with E-state index in [2.05, 4.69) is 31.9 Å². The molecule has 11 nitrogen and oxygen atoms in total. The Kier molecular flexibility index (Phi) is 5.46. The molecule has 0 saturated carbocycles. The largest absolute Gasteiger partial charge is 0.423 e. The second-order valence-electron chi connectivity index (χ2n) is 8.35. The van der Waals surface area contributed by atoms with E-state index in [1.165, 1.54) is 24.5 Å². The molecule has 0 aliphatic carbocycles. The summed E-state index contributed by atoms with van der Waals surface area (Å²) in [6.07, 6.45) is 2.14. The number of nitrogens with two attached hydrogens (primary N) is 1. The number of hydrogen-bond donors (Lipinski definition) is 3. The number of carbonyl (C=O) groups is 1. The number of benzene rings is 1. The molecule has 0 radical (unpaired) electrons. The number of halogens is 1. The topological polar surface area (TPSA) is 148 Å². The summed E-state index contributed by atoms with van der Waals surface area (Å²) in [5, 5.41) is 17.9. The minimum atomic E-state index is -0.768. The zero-order valence-electron chi connectivity index (χ0n) is 18.4. The SMILES string of the molecule is C=C(C)C(O)N1CCC[C@@H](n2nc(C(=O)Nc3nc4cc(F)ccc4o3)c3c(N)ncnc32)C1. The van der Waals surface area contributed by atoms with Gasteiger partial charge in [0.2, 0.25) is 0 Å². The minimum absolute atomic E-state index is 0.0131. The summed E-state index contributed by atoms with van der Waals surface area (Å²) < 4.78 is 20.6. The summed E-state index contributed by atoms with van der Waals surface area (Å²) in [4.78, 5) is 27.5. The van der Waals surface area contributed by atoms with Crippen molar-refractivity contribution in [2.75, 3.05) is 24.1 Å². The van der Waals surface area contributed by atoms with Gasteiger partial charge in [-0.25, -0.2) is 19.0 Å². The van der Waals surface area contributed by atoms with Crippen LogP contribution in [0.4, 0.5) is 16.2 Å². The molecule has 1 unspecified atom stereocenters. The van der Waals surface area contributed by atoms with Crippen LogP contribution in [0.5, 0.6) is 0 Å². The van der Waals surface area contributed by atoms with E-state index in [9.17, 15) is 14.3 Å². The Morgan fingerprint density at radius 1 is 1.41 bits per heavy atom. The first-order chi connectivity index (χ1) is 16.3. The van der Waals surface area contributed by atoms with Gasteiger partial charge in [0.1, 0.15) is 29.7 Å². The molecule has 1 saturated heterocycles. The van der Waals surface area contributed by atoms with E-state index in [0.29, 0.717) is 35.3 Å². The van der Waals surface area contributed by atoms with Gasteiger partial charge in [-0.15, -0.1) is 0 Å². The van der Waals surface area contributed by atoms with E-state index in [-0.39, 0.29) is 29.1 Å². The lowest BCUT2D eigenvalue weighted by Crippen LogP contribution is -2.44. The van der Waals surface area contributed by atoms with Crippen LogP contribution >= 0.6 is 0 Å². The molecule has 34 heavy (non-hydrogen) atoms. The van der Waals surface area contributed by atoms with Gasteiger partial charge in [-0.2, -0.15) is 10.1 Å². The summed E-state index contributed by atoms with van der Waals surface area (Å²) in [5.74, 6) is -0.978. The molecule has 1 amide bonds. The highest BCUT2D eigenvalue weighted by molar-refractivity contribution is 6.12. The van der Waals surface area contributed by atoms with Crippen molar-refractivity contribution < 1.29 is 18.7 Å². The van der Waals surface area contributed by atoms with Gasteiger partial charge in [0.15, 0.2) is 16.9 Å². The maximum atomic E-state index is 13.5. The zero-order valence-corrected chi connectivity index (χ0v) is 18.4. The Morgan fingerprint density at radius 2 is 2.24 bits per heavy atom. The fraction of sp³-hybridized carbons (Fsp3) is 0.318. The van der Waals surface area contributed by atoms with Gasteiger partial charge in [-0.3, -0.25) is 15.0 Å². The number of oxazole rings is 1. The highest BCUT2D eigenvalue weighted by Crippen LogP contribution is 2.30. The monoisotopic (exact) mass is 466 g/mol. The van der Waals surface area contributed by atoms with Crippen molar-refractivity contribution in [2.45, 2.75) is 32.0 Å². The Hall–Kier alpha value is -3.90. The molecule has 5 rings (SSSR count). The molecule has 4 aromatic rings. The number of carbonyl (C=O) groups excluding carboxylic acids is 1. The molecule has 12 heteroatoms. The van der Waals surface area contributed by atoms with Crippen molar-refractivity contribution in [2.24, 2.45) is 0 Å². The first-order valence-corrected chi connectivity index (χ1v) is 10.8. The number of rotatable bonds is 5. The number of hydrogen-bond acceptors (Lipinski definition) is 9. The van der Waals surface area contributed by atoms with Gasteiger partial charge in [-0.1, -0.05) is 6.58 Å². The van der Waals surface area contributed by atoms with Crippen LogP contribution in [0.1, 0.15) is 36.3 Å². The molecule has 2 atom stereocenters. The second-order valence-corrected chi connectivity index (χ2v) is 8.35. The highest BCUT2D eigenvalue weighted by Gasteiger charge is 2.30. The van der Waals surface area contributed by atoms with E-state index < -0.39 is 18.0 Å². The fourth-order valence-electron chi connectivity index (χ4n) is 4.24. The third-order valence-electron chi connectivity index (χ3n) is 5.86. The molecule has 1 fully saturated rings. The molecule has 1 aliphatic heterocycles. The number of aliphatic hydroxyl groups is 1. The molecule has 4 N–H and O–H groups in total. The van der Waals surface area contributed by atoms with E-state index in [1.807, 2.05) is 4.90 Å². The number of nitrogens with zero attached hydrogens (tertiary/aromatic N) is 6. The lowest BCUT2D eigenvalue weighted by molar-refractivity contribution is 0.00487. The standard InChI is InChI=1S/C22H23FN8O3/c1-11(2)21(33)30-7-3-4-13(9-30)31-19-16(18(24)25-10-26-19)17(29-31)20(32)28-22-27-14-8-12(23)5-6-15(14)34-22/h5-6,8,10,13,21,33H,1,3-4,7,9H2,2H3,(H2,24,25,26)(H,27,28,32)/t13-,21?/m1/s1. The summed E-state index contributed by atoms with van der Waals surface area (Å²) in [6, 6.07) is 3.62. The molecule has 1 aliphatic rings.